The maximum atomic E-state index is 11.4. The van der Waals surface area contributed by atoms with Gasteiger partial charge in [0.15, 0.2) is 17.3 Å². The molecule has 0 spiro atoms. The second-order valence-corrected chi connectivity index (χ2v) is 7.58. The van der Waals surface area contributed by atoms with Crippen molar-refractivity contribution >= 4 is 5.97 Å². The van der Waals surface area contributed by atoms with Gasteiger partial charge in [0.2, 0.25) is 0 Å². The van der Waals surface area contributed by atoms with E-state index in [0.29, 0.717) is 36.6 Å². The van der Waals surface area contributed by atoms with Crippen LogP contribution in [0.25, 0.3) is 5.69 Å². The van der Waals surface area contributed by atoms with Crippen molar-refractivity contribution in [2.45, 2.75) is 31.6 Å². The Morgan fingerprint density at radius 1 is 1.23 bits per heavy atom. The third-order valence-corrected chi connectivity index (χ3v) is 5.57. The summed E-state index contributed by atoms with van der Waals surface area (Å²) in [7, 11) is 5.06. The minimum Gasteiger partial charge on any atom is -0.493 e. The van der Waals surface area contributed by atoms with Gasteiger partial charge >= 0.3 is 5.97 Å². The fraction of sp³-hybridized carbons (Fsp3) is 0.429. The molecule has 0 aliphatic heterocycles. The maximum absolute atomic E-state index is 11.4. The van der Waals surface area contributed by atoms with Gasteiger partial charge in [-0.05, 0) is 37.0 Å². The van der Waals surface area contributed by atoms with Crippen LogP contribution in [0.5, 0.6) is 11.5 Å². The predicted octanol–water partition coefficient (Wildman–Crippen LogP) is 2.58. The van der Waals surface area contributed by atoms with E-state index in [-0.39, 0.29) is 11.8 Å². The number of rotatable bonds is 7. The van der Waals surface area contributed by atoms with Crippen LogP contribution in [-0.2, 0) is 18.3 Å². The molecule has 2 aromatic heterocycles. The third-order valence-electron chi connectivity index (χ3n) is 5.57. The van der Waals surface area contributed by atoms with Crippen LogP contribution in [0.15, 0.2) is 30.6 Å². The van der Waals surface area contributed by atoms with E-state index in [0.717, 1.165) is 23.5 Å². The average molecular weight is 411 g/mol. The van der Waals surface area contributed by atoms with Crippen molar-refractivity contribution in [1.82, 2.24) is 24.5 Å². The number of carboxylic acids is 1. The summed E-state index contributed by atoms with van der Waals surface area (Å²) in [6, 6.07) is 5.74. The molecule has 1 aromatic carbocycles. The number of hydrogen-bond donors (Lipinski definition) is 1. The van der Waals surface area contributed by atoms with Crippen molar-refractivity contribution < 1.29 is 19.4 Å². The largest absolute Gasteiger partial charge is 0.493 e. The molecule has 0 saturated heterocycles. The van der Waals surface area contributed by atoms with Gasteiger partial charge in [-0.25, -0.2) is 9.67 Å². The highest BCUT2D eigenvalue weighted by Crippen LogP contribution is 2.38. The monoisotopic (exact) mass is 411 g/mol. The van der Waals surface area contributed by atoms with Gasteiger partial charge in [-0.2, -0.15) is 10.2 Å². The minimum atomic E-state index is -0.740. The van der Waals surface area contributed by atoms with Crippen LogP contribution >= 0.6 is 0 Å². The van der Waals surface area contributed by atoms with Crippen LogP contribution in [0.3, 0.4) is 0 Å². The van der Waals surface area contributed by atoms with E-state index < -0.39 is 5.97 Å². The first-order valence-electron chi connectivity index (χ1n) is 9.87. The van der Waals surface area contributed by atoms with E-state index in [1.165, 1.54) is 0 Å². The van der Waals surface area contributed by atoms with Crippen LogP contribution in [-0.4, -0.2) is 49.8 Å². The second-order valence-electron chi connectivity index (χ2n) is 7.58. The summed E-state index contributed by atoms with van der Waals surface area (Å²) in [6.07, 6.45) is 6.15. The Morgan fingerprint density at radius 3 is 2.67 bits per heavy atom. The number of methoxy groups -OCH3 is 2. The first-order chi connectivity index (χ1) is 14.5. The second kappa shape index (κ2) is 8.17. The topological polar surface area (TPSA) is 104 Å². The molecule has 0 amide bonds. The lowest BCUT2D eigenvalue weighted by Gasteiger charge is -2.09. The molecule has 1 aliphatic rings. The molecule has 4 rings (SSSR count). The van der Waals surface area contributed by atoms with E-state index >= 15 is 0 Å². The number of ether oxygens (including phenoxy) is 2. The minimum absolute atomic E-state index is 0.0537. The van der Waals surface area contributed by atoms with E-state index in [4.69, 9.17) is 19.6 Å². The van der Waals surface area contributed by atoms with Crippen molar-refractivity contribution in [2.24, 2.45) is 13.0 Å². The number of aromatic nitrogens is 5. The summed E-state index contributed by atoms with van der Waals surface area (Å²) >= 11 is 0. The molecule has 1 saturated carbocycles. The smallest absolute Gasteiger partial charge is 0.306 e. The number of nitrogens with zero attached hydrogens (tertiary/aromatic N) is 5. The normalized spacial score (nSPS) is 18.5. The lowest BCUT2D eigenvalue weighted by molar-refractivity contribution is -0.141. The summed E-state index contributed by atoms with van der Waals surface area (Å²) < 4.78 is 14.2. The van der Waals surface area contributed by atoms with Crippen LogP contribution < -0.4 is 9.47 Å². The lowest BCUT2D eigenvalue weighted by atomic mass is 10.0. The molecule has 0 unspecified atom stereocenters. The molecule has 1 aliphatic carbocycles. The fourth-order valence-corrected chi connectivity index (χ4v) is 4.03. The number of hydrogen-bond acceptors (Lipinski definition) is 6. The van der Waals surface area contributed by atoms with E-state index in [1.807, 2.05) is 31.4 Å². The van der Waals surface area contributed by atoms with Gasteiger partial charge in [0.25, 0.3) is 0 Å². The molecular weight excluding hydrogens is 386 g/mol. The third kappa shape index (κ3) is 3.87. The van der Waals surface area contributed by atoms with Crippen LogP contribution in [0.1, 0.15) is 42.4 Å². The molecule has 0 bridgehead atoms. The summed E-state index contributed by atoms with van der Waals surface area (Å²) in [5.74, 6) is 1.77. The maximum Gasteiger partial charge on any atom is 0.306 e. The quantitative estimate of drug-likeness (QED) is 0.637. The van der Waals surface area contributed by atoms with E-state index in [2.05, 4.69) is 5.10 Å². The number of aryl methyl sites for hydroxylation is 1. The first-order valence-corrected chi connectivity index (χ1v) is 9.87. The van der Waals surface area contributed by atoms with Gasteiger partial charge < -0.3 is 14.6 Å². The van der Waals surface area contributed by atoms with Gasteiger partial charge in [0, 0.05) is 19.4 Å². The highest BCUT2D eigenvalue weighted by atomic mass is 16.5. The standard InChI is InChI=1S/C21H25N5O4/c1-25-12-16(11-22-25)26-20(14-5-6-15(10-14)21(27)28)23-19(24-26)9-13-4-7-17(29-2)18(8-13)30-3/h4,7-8,11-12,14-15H,5-6,9-10H2,1-3H3,(H,27,28)/t14-,15+/m0/s1. The highest BCUT2D eigenvalue weighted by molar-refractivity contribution is 5.70. The Labute approximate surface area is 174 Å². The lowest BCUT2D eigenvalue weighted by Crippen LogP contribution is -2.11. The number of benzene rings is 1. The molecule has 9 heteroatoms. The Hall–Kier alpha value is -3.36. The molecule has 158 valence electrons. The number of aliphatic carboxylic acids is 1. The summed E-state index contributed by atoms with van der Waals surface area (Å²) in [5.41, 5.74) is 1.81. The van der Waals surface area contributed by atoms with Crippen molar-refractivity contribution in [3.05, 3.63) is 47.8 Å². The zero-order chi connectivity index (χ0) is 21.3. The van der Waals surface area contributed by atoms with Gasteiger partial charge in [-0.1, -0.05) is 6.07 Å². The number of carboxylic acid groups (broad SMARTS) is 1. The summed E-state index contributed by atoms with van der Waals surface area (Å²) in [5, 5.41) is 18.4. The van der Waals surface area contributed by atoms with Gasteiger partial charge in [0.1, 0.15) is 11.5 Å². The van der Waals surface area contributed by atoms with Crippen molar-refractivity contribution in [3.8, 4) is 17.2 Å². The molecular formula is C21H25N5O4. The first kappa shape index (κ1) is 19.9. The Kier molecular flexibility index (Phi) is 5.43. The Bertz CT molecular complexity index is 1060. The molecule has 0 radical (unpaired) electrons. The summed E-state index contributed by atoms with van der Waals surface area (Å²) in [6.45, 7) is 0. The molecule has 30 heavy (non-hydrogen) atoms. The molecule has 3 aromatic rings. The highest BCUT2D eigenvalue weighted by Gasteiger charge is 2.34. The van der Waals surface area contributed by atoms with Crippen molar-refractivity contribution in [1.29, 1.82) is 0 Å². The van der Waals surface area contributed by atoms with Crippen LogP contribution in [0.2, 0.25) is 0 Å². The van der Waals surface area contributed by atoms with Crippen LogP contribution in [0, 0.1) is 5.92 Å². The molecule has 9 nitrogen and oxygen atoms in total. The van der Waals surface area contributed by atoms with Gasteiger partial charge in [-0.3, -0.25) is 9.48 Å². The molecule has 1 fully saturated rings. The Balaban J connectivity index is 1.66. The van der Waals surface area contributed by atoms with Gasteiger partial charge in [-0.15, -0.1) is 0 Å². The molecule has 2 heterocycles. The van der Waals surface area contributed by atoms with E-state index in [9.17, 15) is 9.90 Å². The molecule has 2 atom stereocenters. The number of carbonyl (C=O) groups is 1. The van der Waals surface area contributed by atoms with Gasteiger partial charge in [0.05, 0.1) is 32.5 Å². The van der Waals surface area contributed by atoms with Crippen molar-refractivity contribution in [2.75, 3.05) is 14.2 Å². The Morgan fingerprint density at radius 2 is 2.03 bits per heavy atom. The van der Waals surface area contributed by atoms with Crippen LogP contribution in [0.4, 0.5) is 0 Å². The molecule has 1 N–H and O–H groups in total. The van der Waals surface area contributed by atoms with E-state index in [1.54, 1.807) is 29.8 Å². The predicted molar refractivity (Wildman–Crippen MR) is 108 cm³/mol. The van der Waals surface area contributed by atoms with Crippen molar-refractivity contribution in [3.63, 3.8) is 0 Å². The SMILES string of the molecule is COc1ccc(Cc2nc([C@H]3CC[C@@H](C(=O)O)C3)n(-c3cnn(C)c3)n2)cc1OC. The fourth-order valence-electron chi connectivity index (χ4n) is 4.03. The zero-order valence-corrected chi connectivity index (χ0v) is 17.3. The summed E-state index contributed by atoms with van der Waals surface area (Å²) in [4.78, 5) is 16.2. The zero-order valence-electron chi connectivity index (χ0n) is 17.3. The average Bonchev–Trinajstić information content (AvgIpc) is 3.46.